The third-order valence-electron chi connectivity index (χ3n) is 10.2. The first kappa shape index (κ1) is 36.5. The number of amides is 2. The van der Waals surface area contributed by atoms with Gasteiger partial charge < -0.3 is 26.0 Å². The third kappa shape index (κ3) is 8.31. The number of benzene rings is 3. The summed E-state index contributed by atoms with van der Waals surface area (Å²) in [4.78, 5) is 40.5. The van der Waals surface area contributed by atoms with E-state index < -0.39 is 16.7 Å². The van der Waals surface area contributed by atoms with Crippen LogP contribution in [0.15, 0.2) is 107 Å². The van der Waals surface area contributed by atoms with Crippen molar-refractivity contribution in [3.8, 4) is 0 Å². The van der Waals surface area contributed by atoms with E-state index in [-0.39, 0.29) is 17.0 Å². The van der Waals surface area contributed by atoms with Crippen molar-refractivity contribution in [1.82, 2.24) is 15.5 Å². The number of nitro benzene ring substituents is 1. The summed E-state index contributed by atoms with van der Waals surface area (Å²) in [5.74, 6) is -1.66. The van der Waals surface area contributed by atoms with E-state index in [9.17, 15) is 19.7 Å². The lowest BCUT2D eigenvalue weighted by atomic mass is 9.68. The lowest BCUT2D eigenvalue weighted by molar-refractivity contribution is -0.384. The van der Waals surface area contributed by atoms with E-state index in [0.29, 0.717) is 48.4 Å². The number of carbonyl (C=O) groups is 2. The second-order valence-corrected chi connectivity index (χ2v) is 13.1. The van der Waals surface area contributed by atoms with Crippen molar-refractivity contribution in [2.24, 2.45) is 5.73 Å². The van der Waals surface area contributed by atoms with Crippen molar-refractivity contribution in [1.29, 1.82) is 0 Å². The predicted molar refractivity (Wildman–Crippen MR) is 195 cm³/mol. The Balaban J connectivity index is 1.30. The summed E-state index contributed by atoms with van der Waals surface area (Å²) >= 11 is 0. The van der Waals surface area contributed by atoms with Crippen LogP contribution in [0.25, 0.3) is 0 Å². The fourth-order valence-electron chi connectivity index (χ4n) is 7.53. The van der Waals surface area contributed by atoms with E-state index in [2.05, 4.69) is 76.2 Å². The summed E-state index contributed by atoms with van der Waals surface area (Å²) in [7, 11) is 1.66. The quantitative estimate of drug-likeness (QED) is 0.0946. The number of hydrogen-bond acceptors (Lipinski definition) is 7. The number of methoxy groups -OCH3 is 1. The number of carbonyl (C=O) groups excluding carboxylic acids is 2. The van der Waals surface area contributed by atoms with E-state index in [1.54, 1.807) is 19.2 Å². The number of ether oxygens (including phenoxy) is 1. The van der Waals surface area contributed by atoms with Crippen LogP contribution in [0.5, 0.6) is 0 Å². The van der Waals surface area contributed by atoms with Gasteiger partial charge in [-0.15, -0.1) is 0 Å². The summed E-state index contributed by atoms with van der Waals surface area (Å²) in [6.07, 6.45) is 5.44. The number of non-ortho nitro benzene ring substituents is 1. The summed E-state index contributed by atoms with van der Waals surface area (Å²) in [6, 6.07) is 27.6. The number of unbranched alkanes of at least 4 members (excludes halogenated alkanes) is 1. The molecule has 2 aliphatic heterocycles. The van der Waals surface area contributed by atoms with Gasteiger partial charge in [0.1, 0.15) is 0 Å². The summed E-state index contributed by atoms with van der Waals surface area (Å²) in [5.41, 5.74) is 11.3. The number of primary amides is 1. The van der Waals surface area contributed by atoms with Crippen molar-refractivity contribution < 1.29 is 19.2 Å². The Bertz CT molecular complexity index is 1640. The van der Waals surface area contributed by atoms with Crippen LogP contribution in [-0.2, 0) is 19.7 Å². The molecule has 2 amide bonds. The molecule has 50 heavy (non-hydrogen) atoms. The van der Waals surface area contributed by atoms with Crippen molar-refractivity contribution in [2.75, 3.05) is 39.9 Å². The SMILES string of the molecule is CCC1=C(C(N)=O)C(c2ccc([N+](=O)[O-])cc2)C(C(=O)NCCCN2CCC(c3ccccc3)(c3ccccc3)CC2)=C(CCCCOC)N1. The molecule has 10 heteroatoms. The van der Waals surface area contributed by atoms with Gasteiger partial charge in [-0.25, -0.2) is 0 Å². The number of dihydropyridines is 1. The van der Waals surface area contributed by atoms with E-state index in [1.165, 1.54) is 23.3 Å². The molecule has 1 unspecified atom stereocenters. The molecule has 1 saturated heterocycles. The maximum absolute atomic E-state index is 14.1. The number of nitro groups is 1. The Morgan fingerprint density at radius 3 is 2.08 bits per heavy atom. The molecule has 3 aromatic carbocycles. The van der Waals surface area contributed by atoms with E-state index >= 15 is 0 Å². The van der Waals surface area contributed by atoms with E-state index in [1.807, 2.05) is 6.92 Å². The standard InChI is InChI=1S/C40H49N5O5/c1-3-33-36(38(41)46)35(29-18-20-32(21-19-29)45(48)49)37(34(43-33)17-10-11-28-50-2)39(47)42-24-12-25-44-26-22-40(23-27-44,30-13-6-4-7-14-30)31-15-8-5-9-16-31/h4-9,13-16,18-21,35,43H,3,10-12,17,22-28H2,1-2H3,(H2,41,46)(H,42,47). The molecule has 0 radical (unpaired) electrons. The number of allylic oxidation sites excluding steroid dienone is 2. The first-order valence-corrected chi connectivity index (χ1v) is 17.7. The van der Waals surface area contributed by atoms with Gasteiger partial charge >= 0.3 is 0 Å². The maximum atomic E-state index is 14.1. The lowest BCUT2D eigenvalue weighted by Gasteiger charge is -2.43. The van der Waals surface area contributed by atoms with Crippen LogP contribution in [0.4, 0.5) is 5.69 Å². The Hall–Kier alpha value is -4.80. The fourth-order valence-corrected chi connectivity index (χ4v) is 7.53. The molecule has 1 atom stereocenters. The molecule has 2 aliphatic rings. The lowest BCUT2D eigenvalue weighted by Crippen LogP contribution is -2.44. The summed E-state index contributed by atoms with van der Waals surface area (Å²) in [6.45, 7) is 5.73. The first-order valence-electron chi connectivity index (χ1n) is 17.7. The average Bonchev–Trinajstić information content (AvgIpc) is 3.15. The molecule has 5 rings (SSSR count). The fraction of sp³-hybridized carbons (Fsp3) is 0.400. The van der Waals surface area contributed by atoms with Gasteiger partial charge in [-0.3, -0.25) is 19.7 Å². The van der Waals surface area contributed by atoms with Crippen LogP contribution in [0, 0.1) is 10.1 Å². The highest BCUT2D eigenvalue weighted by atomic mass is 16.6. The number of nitrogens with zero attached hydrogens (tertiary/aromatic N) is 2. The highest BCUT2D eigenvalue weighted by molar-refractivity contribution is 6.03. The summed E-state index contributed by atoms with van der Waals surface area (Å²) < 4.78 is 5.24. The topological polar surface area (TPSA) is 140 Å². The minimum absolute atomic E-state index is 0.0246. The Morgan fingerprint density at radius 2 is 1.54 bits per heavy atom. The molecule has 0 saturated carbocycles. The zero-order chi connectivity index (χ0) is 35.5. The minimum atomic E-state index is -0.756. The van der Waals surface area contributed by atoms with Gasteiger partial charge in [0.25, 0.3) is 5.69 Å². The normalized spacial score (nSPS) is 17.7. The van der Waals surface area contributed by atoms with Crippen LogP contribution in [0.1, 0.15) is 74.5 Å². The number of nitrogens with two attached hydrogens (primary N) is 1. The van der Waals surface area contributed by atoms with Gasteiger partial charge in [0.15, 0.2) is 0 Å². The molecule has 0 bridgehead atoms. The molecule has 10 nitrogen and oxygen atoms in total. The molecular weight excluding hydrogens is 630 g/mol. The van der Waals surface area contributed by atoms with Gasteiger partial charge in [-0.05, 0) is 81.3 Å². The average molecular weight is 680 g/mol. The summed E-state index contributed by atoms with van der Waals surface area (Å²) in [5, 5.41) is 17.9. The monoisotopic (exact) mass is 679 g/mol. The van der Waals surface area contributed by atoms with Gasteiger partial charge in [0, 0.05) is 66.3 Å². The largest absolute Gasteiger partial charge is 0.385 e. The highest BCUT2D eigenvalue weighted by Gasteiger charge is 2.39. The number of likely N-dealkylation sites (tertiary alicyclic amines) is 1. The van der Waals surface area contributed by atoms with Crippen LogP contribution >= 0.6 is 0 Å². The smallest absolute Gasteiger partial charge is 0.269 e. The van der Waals surface area contributed by atoms with E-state index in [4.69, 9.17) is 10.5 Å². The molecule has 264 valence electrons. The Kier molecular flexibility index (Phi) is 12.6. The molecule has 0 spiro atoms. The van der Waals surface area contributed by atoms with Crippen molar-refractivity contribution in [3.05, 3.63) is 134 Å². The zero-order valence-corrected chi connectivity index (χ0v) is 29.2. The van der Waals surface area contributed by atoms with Crippen LogP contribution in [-0.4, -0.2) is 61.5 Å². The Labute approximate surface area is 294 Å². The number of hydrogen-bond donors (Lipinski definition) is 3. The van der Waals surface area contributed by atoms with Crippen LogP contribution in [0.3, 0.4) is 0 Å². The van der Waals surface area contributed by atoms with Crippen LogP contribution < -0.4 is 16.4 Å². The maximum Gasteiger partial charge on any atom is 0.269 e. The second-order valence-electron chi connectivity index (χ2n) is 13.1. The van der Waals surface area contributed by atoms with E-state index in [0.717, 1.165) is 57.4 Å². The number of nitrogens with one attached hydrogen (secondary N) is 2. The molecule has 1 fully saturated rings. The number of piperidine rings is 1. The molecule has 2 heterocycles. The van der Waals surface area contributed by atoms with Gasteiger partial charge in [-0.1, -0.05) is 79.7 Å². The van der Waals surface area contributed by atoms with Gasteiger partial charge in [-0.2, -0.15) is 0 Å². The van der Waals surface area contributed by atoms with Gasteiger partial charge in [0.05, 0.1) is 4.92 Å². The molecule has 0 aromatic heterocycles. The molecular formula is C40H49N5O5. The third-order valence-corrected chi connectivity index (χ3v) is 10.2. The predicted octanol–water partition coefficient (Wildman–Crippen LogP) is 6.09. The van der Waals surface area contributed by atoms with Gasteiger partial charge in [0.2, 0.25) is 11.8 Å². The van der Waals surface area contributed by atoms with Crippen molar-refractivity contribution in [2.45, 2.75) is 63.2 Å². The zero-order valence-electron chi connectivity index (χ0n) is 29.2. The highest BCUT2D eigenvalue weighted by Crippen LogP contribution is 2.42. The minimum Gasteiger partial charge on any atom is -0.385 e. The molecule has 0 aliphatic carbocycles. The second kappa shape index (κ2) is 17.2. The van der Waals surface area contributed by atoms with Crippen LogP contribution in [0.2, 0.25) is 0 Å². The molecule has 3 aromatic rings. The first-order chi connectivity index (χ1) is 24.3. The van der Waals surface area contributed by atoms with Crippen molar-refractivity contribution in [3.63, 3.8) is 0 Å². The molecule has 4 N–H and O–H groups in total. The number of rotatable bonds is 16. The van der Waals surface area contributed by atoms with Crippen molar-refractivity contribution >= 4 is 17.5 Å². The Morgan fingerprint density at radius 1 is 0.920 bits per heavy atom.